The summed E-state index contributed by atoms with van der Waals surface area (Å²) in [6, 6.07) is 7.68. The second-order valence-corrected chi connectivity index (χ2v) is 5.76. The summed E-state index contributed by atoms with van der Waals surface area (Å²) in [4.78, 5) is 4.33. The highest BCUT2D eigenvalue weighted by molar-refractivity contribution is 9.10. The Bertz CT molecular complexity index is 604. The lowest BCUT2D eigenvalue weighted by Gasteiger charge is -2.12. The van der Waals surface area contributed by atoms with Gasteiger partial charge in [0.05, 0.1) is 5.02 Å². The Hall–Kier alpha value is -1.10. The van der Waals surface area contributed by atoms with Crippen LogP contribution in [0.2, 0.25) is 5.02 Å². The van der Waals surface area contributed by atoms with Crippen molar-refractivity contribution in [1.29, 1.82) is 0 Å². The van der Waals surface area contributed by atoms with Gasteiger partial charge < -0.3 is 10.1 Å². The second-order valence-electron chi connectivity index (χ2n) is 4.43. The predicted molar refractivity (Wildman–Crippen MR) is 85.6 cm³/mol. The van der Waals surface area contributed by atoms with Gasteiger partial charge in [-0.3, -0.25) is 0 Å². The van der Waals surface area contributed by atoms with E-state index in [9.17, 15) is 0 Å². The molecule has 0 fully saturated rings. The average Bonchev–Trinajstić information content (AvgIpc) is 2.43. The van der Waals surface area contributed by atoms with Crippen molar-refractivity contribution in [2.24, 2.45) is 0 Å². The third kappa shape index (κ3) is 3.95. The fraction of sp³-hybridized carbons (Fsp3) is 0.267. The van der Waals surface area contributed by atoms with Crippen molar-refractivity contribution >= 4 is 27.5 Å². The first kappa shape index (κ1) is 15.3. The van der Waals surface area contributed by atoms with Gasteiger partial charge >= 0.3 is 0 Å². The van der Waals surface area contributed by atoms with Crippen LogP contribution in [0, 0.1) is 6.92 Å². The first-order valence-corrected chi connectivity index (χ1v) is 7.56. The number of pyridine rings is 1. The van der Waals surface area contributed by atoms with Crippen LogP contribution in [-0.2, 0) is 6.54 Å². The molecular weight excluding hydrogens is 340 g/mol. The highest BCUT2D eigenvalue weighted by Gasteiger charge is 2.10. The van der Waals surface area contributed by atoms with Crippen molar-refractivity contribution in [3.05, 3.63) is 51.1 Å². The molecule has 1 N–H and O–H groups in total. The van der Waals surface area contributed by atoms with Crippen LogP contribution in [0.4, 0.5) is 0 Å². The van der Waals surface area contributed by atoms with Crippen LogP contribution in [0.15, 0.2) is 34.9 Å². The number of halogens is 2. The SMILES string of the molecule is CCNCc1cc(Br)cnc1Oc1cc(C)ccc1Cl. The van der Waals surface area contributed by atoms with E-state index in [1.54, 1.807) is 6.20 Å². The zero-order valence-electron chi connectivity index (χ0n) is 11.4. The summed E-state index contributed by atoms with van der Waals surface area (Å²) < 4.78 is 6.79. The number of nitrogens with zero attached hydrogens (tertiary/aromatic N) is 1. The Morgan fingerprint density at radius 2 is 2.15 bits per heavy atom. The molecule has 20 heavy (non-hydrogen) atoms. The molecular formula is C15H16BrClN2O. The van der Waals surface area contributed by atoms with Crippen LogP contribution >= 0.6 is 27.5 Å². The van der Waals surface area contributed by atoms with Gasteiger partial charge in [0, 0.05) is 22.8 Å². The molecule has 0 bridgehead atoms. The van der Waals surface area contributed by atoms with E-state index in [1.165, 1.54) is 0 Å². The van der Waals surface area contributed by atoms with Crippen molar-refractivity contribution in [3.63, 3.8) is 0 Å². The summed E-state index contributed by atoms with van der Waals surface area (Å²) in [7, 11) is 0. The lowest BCUT2D eigenvalue weighted by Crippen LogP contribution is -2.13. The standard InChI is InChI=1S/C15H16BrClN2O/c1-3-18-8-11-7-12(16)9-19-15(11)20-14-6-10(2)4-5-13(14)17/h4-7,9,18H,3,8H2,1-2H3. The van der Waals surface area contributed by atoms with Crippen LogP contribution in [0.1, 0.15) is 18.1 Å². The topological polar surface area (TPSA) is 34.2 Å². The summed E-state index contributed by atoms with van der Waals surface area (Å²) in [5.74, 6) is 1.20. The van der Waals surface area contributed by atoms with E-state index in [1.807, 2.05) is 31.2 Å². The minimum atomic E-state index is 0.571. The summed E-state index contributed by atoms with van der Waals surface area (Å²) in [5, 5.41) is 3.85. The molecule has 1 heterocycles. The monoisotopic (exact) mass is 354 g/mol. The molecule has 2 rings (SSSR count). The molecule has 2 aromatic rings. The number of hydrogen-bond donors (Lipinski definition) is 1. The van der Waals surface area contributed by atoms with Crippen molar-refractivity contribution in [1.82, 2.24) is 10.3 Å². The van der Waals surface area contributed by atoms with E-state index < -0.39 is 0 Å². The Morgan fingerprint density at radius 1 is 1.35 bits per heavy atom. The van der Waals surface area contributed by atoms with Crippen LogP contribution in [0.5, 0.6) is 11.6 Å². The van der Waals surface area contributed by atoms with Crippen LogP contribution < -0.4 is 10.1 Å². The van der Waals surface area contributed by atoms with Crippen molar-refractivity contribution in [2.75, 3.05) is 6.54 Å². The van der Waals surface area contributed by atoms with Gasteiger partial charge in [0.25, 0.3) is 0 Å². The van der Waals surface area contributed by atoms with Gasteiger partial charge in [0.1, 0.15) is 5.75 Å². The molecule has 0 spiro atoms. The first-order valence-electron chi connectivity index (χ1n) is 6.39. The zero-order chi connectivity index (χ0) is 14.5. The number of nitrogens with one attached hydrogen (secondary N) is 1. The molecule has 5 heteroatoms. The molecule has 106 valence electrons. The maximum atomic E-state index is 6.16. The maximum absolute atomic E-state index is 6.16. The molecule has 0 radical (unpaired) electrons. The summed E-state index contributed by atoms with van der Waals surface area (Å²) in [6.07, 6.45) is 1.72. The summed E-state index contributed by atoms with van der Waals surface area (Å²) in [5.41, 5.74) is 2.08. The smallest absolute Gasteiger partial charge is 0.223 e. The minimum absolute atomic E-state index is 0.571. The third-order valence-electron chi connectivity index (χ3n) is 2.75. The van der Waals surface area contributed by atoms with Gasteiger partial charge in [-0.05, 0) is 53.2 Å². The quantitative estimate of drug-likeness (QED) is 0.843. The molecule has 1 aromatic carbocycles. The van der Waals surface area contributed by atoms with Crippen molar-refractivity contribution < 1.29 is 4.74 Å². The van der Waals surface area contributed by atoms with E-state index in [4.69, 9.17) is 16.3 Å². The van der Waals surface area contributed by atoms with E-state index in [-0.39, 0.29) is 0 Å². The summed E-state index contributed by atoms with van der Waals surface area (Å²) >= 11 is 9.58. The van der Waals surface area contributed by atoms with Gasteiger partial charge in [0.2, 0.25) is 5.88 Å². The Labute approximate surface area is 132 Å². The molecule has 0 atom stereocenters. The van der Waals surface area contributed by atoms with Gasteiger partial charge in [-0.15, -0.1) is 0 Å². The highest BCUT2D eigenvalue weighted by atomic mass is 79.9. The van der Waals surface area contributed by atoms with E-state index in [0.29, 0.717) is 23.2 Å². The van der Waals surface area contributed by atoms with Crippen LogP contribution in [0.3, 0.4) is 0 Å². The van der Waals surface area contributed by atoms with E-state index >= 15 is 0 Å². The predicted octanol–water partition coefficient (Wildman–Crippen LogP) is 4.71. The van der Waals surface area contributed by atoms with Gasteiger partial charge in [-0.1, -0.05) is 24.6 Å². The number of aromatic nitrogens is 1. The molecule has 1 aromatic heterocycles. The molecule has 3 nitrogen and oxygen atoms in total. The number of hydrogen-bond acceptors (Lipinski definition) is 3. The van der Waals surface area contributed by atoms with Crippen LogP contribution in [-0.4, -0.2) is 11.5 Å². The largest absolute Gasteiger partial charge is 0.437 e. The maximum Gasteiger partial charge on any atom is 0.223 e. The Kier molecular flexibility index (Phi) is 5.40. The fourth-order valence-corrected chi connectivity index (χ4v) is 2.27. The van der Waals surface area contributed by atoms with Crippen LogP contribution in [0.25, 0.3) is 0 Å². The first-order chi connectivity index (χ1) is 9.60. The number of ether oxygens (including phenoxy) is 1. The van der Waals surface area contributed by atoms with Gasteiger partial charge in [-0.25, -0.2) is 4.98 Å². The molecule has 0 saturated carbocycles. The Balaban J connectivity index is 2.30. The van der Waals surface area contributed by atoms with Gasteiger partial charge in [-0.2, -0.15) is 0 Å². The molecule has 0 aliphatic heterocycles. The fourth-order valence-electron chi connectivity index (χ4n) is 1.74. The highest BCUT2D eigenvalue weighted by Crippen LogP contribution is 2.31. The second kappa shape index (κ2) is 7.07. The molecule has 0 aliphatic carbocycles. The van der Waals surface area contributed by atoms with Gasteiger partial charge in [0.15, 0.2) is 0 Å². The van der Waals surface area contributed by atoms with E-state index in [0.717, 1.165) is 22.1 Å². The Morgan fingerprint density at radius 3 is 2.90 bits per heavy atom. The van der Waals surface area contributed by atoms with Crippen molar-refractivity contribution in [3.8, 4) is 11.6 Å². The lowest BCUT2D eigenvalue weighted by molar-refractivity contribution is 0.453. The molecule has 0 saturated heterocycles. The normalized spacial score (nSPS) is 10.6. The molecule has 0 unspecified atom stereocenters. The number of benzene rings is 1. The van der Waals surface area contributed by atoms with E-state index in [2.05, 4.69) is 33.2 Å². The minimum Gasteiger partial charge on any atom is -0.437 e. The lowest BCUT2D eigenvalue weighted by atomic mass is 10.2. The average molecular weight is 356 g/mol. The van der Waals surface area contributed by atoms with Crippen molar-refractivity contribution in [2.45, 2.75) is 20.4 Å². The molecule has 0 aliphatic rings. The molecule has 0 amide bonds. The summed E-state index contributed by atoms with van der Waals surface area (Å²) in [6.45, 7) is 5.64. The number of rotatable bonds is 5. The zero-order valence-corrected chi connectivity index (χ0v) is 13.8. The third-order valence-corrected chi connectivity index (χ3v) is 3.50. The number of aryl methyl sites for hydroxylation is 1.